The fraction of sp³-hybridized carbons (Fsp3) is 0.111. The van der Waals surface area contributed by atoms with E-state index < -0.39 is 14.9 Å². The van der Waals surface area contributed by atoms with Crippen LogP contribution in [0.1, 0.15) is 16.7 Å². The van der Waals surface area contributed by atoms with Gasteiger partial charge in [-0.1, -0.05) is 42.5 Å². The Morgan fingerprint density at radius 3 is 2.41 bits per heavy atom. The number of rotatable bonds is 9. The summed E-state index contributed by atoms with van der Waals surface area (Å²) < 4.78 is 34.5. The van der Waals surface area contributed by atoms with Gasteiger partial charge in [0.25, 0.3) is 15.7 Å². The minimum atomic E-state index is -4.24. The van der Waals surface area contributed by atoms with Gasteiger partial charge in [0.2, 0.25) is 11.8 Å². The van der Waals surface area contributed by atoms with Crippen LogP contribution in [0.3, 0.4) is 0 Å². The summed E-state index contributed by atoms with van der Waals surface area (Å²) in [5.74, 6) is 0.405. The Labute approximate surface area is 214 Å². The summed E-state index contributed by atoms with van der Waals surface area (Å²) in [6, 6.07) is 19.5. The van der Waals surface area contributed by atoms with Gasteiger partial charge in [0, 0.05) is 23.8 Å². The van der Waals surface area contributed by atoms with Crippen molar-refractivity contribution in [1.82, 2.24) is 9.97 Å². The van der Waals surface area contributed by atoms with Gasteiger partial charge in [-0.3, -0.25) is 10.1 Å². The highest BCUT2D eigenvalue weighted by Crippen LogP contribution is 2.31. The van der Waals surface area contributed by atoms with Crippen LogP contribution in [0.15, 0.2) is 90.3 Å². The van der Waals surface area contributed by atoms with Crippen molar-refractivity contribution < 1.29 is 18.1 Å². The van der Waals surface area contributed by atoms with Crippen LogP contribution < -0.4 is 9.46 Å². The summed E-state index contributed by atoms with van der Waals surface area (Å²) in [6.45, 7) is 7.61. The van der Waals surface area contributed by atoms with Crippen LogP contribution in [0.4, 0.5) is 11.6 Å². The molecule has 0 aliphatic rings. The van der Waals surface area contributed by atoms with E-state index >= 15 is 0 Å². The molecule has 0 saturated heterocycles. The third kappa shape index (κ3) is 5.99. The molecule has 0 fully saturated rings. The van der Waals surface area contributed by atoms with E-state index in [2.05, 4.69) is 21.3 Å². The van der Waals surface area contributed by atoms with Crippen LogP contribution in [-0.2, 0) is 16.4 Å². The maximum atomic E-state index is 13.1. The van der Waals surface area contributed by atoms with Gasteiger partial charge in [-0.15, -0.1) is 6.58 Å². The second-order valence-corrected chi connectivity index (χ2v) is 9.97. The van der Waals surface area contributed by atoms with Gasteiger partial charge in [-0.05, 0) is 55.2 Å². The molecule has 0 spiro atoms. The molecule has 0 aliphatic heterocycles. The molecular formula is C27H24N4O5S. The highest BCUT2D eigenvalue weighted by Gasteiger charge is 2.21. The number of nitro groups is 1. The first-order valence-electron chi connectivity index (χ1n) is 11.3. The number of nitrogens with one attached hydrogen (secondary N) is 1. The summed E-state index contributed by atoms with van der Waals surface area (Å²) in [7, 11) is -4.24. The van der Waals surface area contributed by atoms with Crippen molar-refractivity contribution in [2.45, 2.75) is 25.2 Å². The molecule has 0 unspecified atom stereocenters. The minimum Gasteiger partial charge on any atom is -0.439 e. The number of non-ortho nitro benzene ring substituents is 1. The number of anilines is 1. The average molecular weight is 517 g/mol. The summed E-state index contributed by atoms with van der Waals surface area (Å²) in [6.07, 6.45) is 2.44. The normalized spacial score (nSPS) is 11.1. The van der Waals surface area contributed by atoms with E-state index in [4.69, 9.17) is 4.74 Å². The van der Waals surface area contributed by atoms with E-state index in [9.17, 15) is 18.5 Å². The van der Waals surface area contributed by atoms with Gasteiger partial charge in [0.15, 0.2) is 0 Å². The molecule has 188 valence electrons. The lowest BCUT2D eigenvalue weighted by molar-refractivity contribution is -0.385. The van der Waals surface area contributed by atoms with Gasteiger partial charge >= 0.3 is 0 Å². The molecule has 1 N–H and O–H groups in total. The van der Waals surface area contributed by atoms with Crippen molar-refractivity contribution >= 4 is 21.7 Å². The van der Waals surface area contributed by atoms with Crippen LogP contribution in [-0.4, -0.2) is 23.3 Å². The van der Waals surface area contributed by atoms with Crippen LogP contribution in [0, 0.1) is 24.0 Å². The molecule has 0 radical (unpaired) electrons. The maximum Gasteiger partial charge on any atom is 0.270 e. The van der Waals surface area contributed by atoms with Gasteiger partial charge < -0.3 is 4.74 Å². The number of nitro benzene ring substituents is 1. The Bertz CT molecular complexity index is 1580. The number of hydrogen-bond acceptors (Lipinski definition) is 7. The average Bonchev–Trinajstić information content (AvgIpc) is 2.84. The first kappa shape index (κ1) is 25.5. The van der Waals surface area contributed by atoms with Crippen molar-refractivity contribution in [2.24, 2.45) is 0 Å². The Morgan fingerprint density at radius 1 is 1.00 bits per heavy atom. The summed E-state index contributed by atoms with van der Waals surface area (Å²) in [5.41, 5.74) is 3.78. The minimum absolute atomic E-state index is 0.125. The molecule has 4 rings (SSSR count). The van der Waals surface area contributed by atoms with Crippen LogP contribution in [0.25, 0.3) is 11.3 Å². The first-order valence-corrected chi connectivity index (χ1v) is 12.8. The van der Waals surface area contributed by atoms with E-state index in [-0.39, 0.29) is 22.4 Å². The molecule has 1 aromatic heterocycles. The second-order valence-electron chi connectivity index (χ2n) is 8.28. The van der Waals surface area contributed by atoms with Gasteiger partial charge in [0.1, 0.15) is 5.75 Å². The van der Waals surface area contributed by atoms with E-state index in [1.807, 2.05) is 50.2 Å². The third-order valence-corrected chi connectivity index (χ3v) is 6.83. The van der Waals surface area contributed by atoms with Crippen molar-refractivity contribution in [3.8, 4) is 22.9 Å². The molecule has 9 nitrogen and oxygen atoms in total. The Morgan fingerprint density at radius 2 is 1.70 bits per heavy atom. The van der Waals surface area contributed by atoms with Crippen LogP contribution >= 0.6 is 0 Å². The number of aryl methyl sites for hydroxylation is 2. The molecule has 37 heavy (non-hydrogen) atoms. The predicted molar refractivity (Wildman–Crippen MR) is 141 cm³/mol. The topological polar surface area (TPSA) is 124 Å². The maximum absolute atomic E-state index is 13.1. The van der Waals surface area contributed by atoms with Crippen molar-refractivity contribution in [1.29, 1.82) is 0 Å². The SMILES string of the molecule is C=CCc1cccc(Oc2cc(-c3c(C)cccc3C)nc(NS(=O)(=O)c3cccc([N+](=O)[O-])c3)n2)c1. The monoisotopic (exact) mass is 516 g/mol. The molecule has 4 aromatic rings. The summed E-state index contributed by atoms with van der Waals surface area (Å²) in [5, 5.41) is 11.1. The molecule has 0 amide bonds. The Balaban J connectivity index is 1.78. The molecule has 0 aliphatic carbocycles. The molecule has 10 heteroatoms. The second kappa shape index (κ2) is 10.6. The lowest BCUT2D eigenvalue weighted by Crippen LogP contribution is -2.16. The van der Waals surface area contributed by atoms with Crippen LogP contribution in [0.2, 0.25) is 0 Å². The van der Waals surface area contributed by atoms with E-state index in [0.29, 0.717) is 17.9 Å². The Kier molecular flexibility index (Phi) is 7.30. The fourth-order valence-corrected chi connectivity index (χ4v) is 4.82. The molecular weight excluding hydrogens is 492 g/mol. The van der Waals surface area contributed by atoms with Crippen molar-refractivity contribution in [3.63, 3.8) is 0 Å². The molecule has 0 bridgehead atoms. The molecule has 0 atom stereocenters. The third-order valence-electron chi connectivity index (χ3n) is 5.51. The highest BCUT2D eigenvalue weighted by molar-refractivity contribution is 7.92. The van der Waals surface area contributed by atoms with Gasteiger partial charge in [-0.25, -0.2) is 18.1 Å². The number of aromatic nitrogens is 2. The standard InChI is InChI=1S/C27H24N4O5S/c1-4-8-20-11-6-13-22(15-20)36-25-17-24(26-18(2)9-5-10-19(26)3)28-27(29-25)30-37(34,35)23-14-7-12-21(16-23)31(32)33/h4-7,9-17H,1,8H2,2-3H3,(H,28,29,30). The number of hydrogen-bond donors (Lipinski definition) is 1. The molecule has 1 heterocycles. The lowest BCUT2D eigenvalue weighted by Gasteiger charge is -2.14. The molecule has 3 aromatic carbocycles. The quantitative estimate of drug-likeness (QED) is 0.165. The van der Waals surface area contributed by atoms with Gasteiger partial charge in [0.05, 0.1) is 15.5 Å². The largest absolute Gasteiger partial charge is 0.439 e. The fourth-order valence-electron chi connectivity index (χ4n) is 3.84. The van der Waals surface area contributed by atoms with E-state index in [1.165, 1.54) is 18.2 Å². The summed E-state index contributed by atoms with van der Waals surface area (Å²) >= 11 is 0. The number of nitrogens with zero attached hydrogens (tertiary/aromatic N) is 3. The predicted octanol–water partition coefficient (Wildman–Crippen LogP) is 5.99. The molecule has 0 saturated carbocycles. The van der Waals surface area contributed by atoms with Crippen molar-refractivity contribution in [3.05, 3.63) is 112 Å². The van der Waals surface area contributed by atoms with E-state index in [1.54, 1.807) is 18.2 Å². The number of allylic oxidation sites excluding steroid dienone is 1. The zero-order valence-electron chi connectivity index (χ0n) is 20.2. The highest BCUT2D eigenvalue weighted by atomic mass is 32.2. The lowest BCUT2D eigenvalue weighted by atomic mass is 10.00. The summed E-state index contributed by atoms with van der Waals surface area (Å²) in [4.78, 5) is 18.9. The van der Waals surface area contributed by atoms with E-state index in [0.717, 1.165) is 28.3 Å². The smallest absolute Gasteiger partial charge is 0.270 e. The van der Waals surface area contributed by atoms with Crippen LogP contribution in [0.5, 0.6) is 11.6 Å². The van der Waals surface area contributed by atoms with Gasteiger partial charge in [-0.2, -0.15) is 4.98 Å². The Hall–Kier alpha value is -4.57. The zero-order chi connectivity index (χ0) is 26.6. The number of sulfonamides is 1. The van der Waals surface area contributed by atoms with Crippen molar-refractivity contribution in [2.75, 3.05) is 4.72 Å². The first-order chi connectivity index (χ1) is 17.7. The number of ether oxygens (including phenoxy) is 1. The zero-order valence-corrected chi connectivity index (χ0v) is 21.0. The number of benzene rings is 3.